The molecule has 34 heavy (non-hydrogen) atoms. The van der Waals surface area contributed by atoms with E-state index < -0.39 is 0 Å². The molecule has 4 aromatic rings. The summed E-state index contributed by atoms with van der Waals surface area (Å²) >= 11 is 1.52. The topological polar surface area (TPSA) is 98.1 Å². The zero-order chi connectivity index (χ0) is 24.2. The van der Waals surface area contributed by atoms with Crippen molar-refractivity contribution in [3.8, 4) is 0 Å². The van der Waals surface area contributed by atoms with Crippen LogP contribution in [0.3, 0.4) is 0 Å². The minimum Gasteiger partial charge on any atom is -0.375 e. The normalized spacial score (nSPS) is 12.0. The fourth-order valence-corrected chi connectivity index (χ4v) is 4.32. The van der Waals surface area contributed by atoms with Crippen LogP contribution in [0.15, 0.2) is 48.1 Å². The first-order chi connectivity index (χ1) is 16.3. The molecule has 0 aliphatic rings. The molecule has 2 amide bonds. The van der Waals surface area contributed by atoms with E-state index in [1.807, 2.05) is 23.8 Å². The van der Waals surface area contributed by atoms with E-state index in [9.17, 15) is 14.0 Å². The standard InChI is InChI=1S/C24H24FN5O3S/c1-14(21-12-34-15(2)28-21)27-24(32)19-8-18(29-22(31)11-33-3)9-20-23(19)30(13-26-20)10-16-4-6-17(25)7-5-16/h4-9,12-14H,10-11H2,1-3H3,(H,27,32)(H,29,31)/t14-/m0/s1. The van der Waals surface area contributed by atoms with Crippen molar-refractivity contribution in [2.75, 3.05) is 19.0 Å². The third-order valence-corrected chi connectivity index (χ3v) is 6.00. The Bertz CT molecular complexity index is 1330. The number of carbonyl (C=O) groups is 2. The van der Waals surface area contributed by atoms with Gasteiger partial charge in [-0.15, -0.1) is 11.3 Å². The van der Waals surface area contributed by atoms with Crippen LogP contribution in [0.5, 0.6) is 0 Å². The Kier molecular flexibility index (Phi) is 6.99. The monoisotopic (exact) mass is 481 g/mol. The predicted octanol–water partition coefficient (Wildman–Crippen LogP) is 4.06. The number of anilines is 1. The number of fused-ring (bicyclic) bond motifs is 1. The van der Waals surface area contributed by atoms with Gasteiger partial charge in [0.15, 0.2) is 0 Å². The van der Waals surface area contributed by atoms with Gasteiger partial charge in [-0.3, -0.25) is 9.59 Å². The second-order valence-electron chi connectivity index (χ2n) is 7.86. The molecule has 8 nitrogen and oxygen atoms in total. The number of rotatable bonds is 8. The van der Waals surface area contributed by atoms with Crippen LogP contribution in [-0.4, -0.2) is 40.1 Å². The average molecular weight is 482 g/mol. The fourth-order valence-electron chi connectivity index (χ4n) is 3.62. The number of nitrogens with zero attached hydrogens (tertiary/aromatic N) is 3. The highest BCUT2D eigenvalue weighted by molar-refractivity contribution is 7.09. The number of methoxy groups -OCH3 is 1. The molecule has 0 unspecified atom stereocenters. The molecule has 2 aromatic heterocycles. The maximum atomic E-state index is 13.4. The summed E-state index contributed by atoms with van der Waals surface area (Å²) in [5, 5.41) is 8.56. The summed E-state index contributed by atoms with van der Waals surface area (Å²) in [6, 6.07) is 9.17. The third kappa shape index (κ3) is 5.29. The molecule has 0 aliphatic carbocycles. The van der Waals surface area contributed by atoms with E-state index in [4.69, 9.17) is 4.74 Å². The van der Waals surface area contributed by atoms with Crippen molar-refractivity contribution in [2.24, 2.45) is 0 Å². The summed E-state index contributed by atoms with van der Waals surface area (Å²) in [6.45, 7) is 4.06. The van der Waals surface area contributed by atoms with Gasteiger partial charge in [-0.1, -0.05) is 12.1 Å². The van der Waals surface area contributed by atoms with Gasteiger partial charge in [0, 0.05) is 24.7 Å². The van der Waals surface area contributed by atoms with E-state index in [2.05, 4.69) is 20.6 Å². The molecule has 176 valence electrons. The number of hydrogen-bond donors (Lipinski definition) is 2. The van der Waals surface area contributed by atoms with E-state index in [1.54, 1.807) is 30.6 Å². The number of carbonyl (C=O) groups excluding carboxylic acids is 2. The van der Waals surface area contributed by atoms with Gasteiger partial charge < -0.3 is 19.9 Å². The van der Waals surface area contributed by atoms with Crippen LogP contribution in [0.25, 0.3) is 11.0 Å². The molecule has 0 saturated carbocycles. The summed E-state index contributed by atoms with van der Waals surface area (Å²) in [6.07, 6.45) is 1.62. The second-order valence-corrected chi connectivity index (χ2v) is 8.92. The van der Waals surface area contributed by atoms with Crippen molar-refractivity contribution >= 4 is 39.9 Å². The number of thiazole rings is 1. The van der Waals surface area contributed by atoms with Crippen LogP contribution in [0.1, 0.15) is 39.6 Å². The molecule has 0 saturated heterocycles. The SMILES string of the molecule is COCC(=O)Nc1cc(C(=O)N[C@@H](C)c2csc(C)n2)c2c(c1)ncn2Cc1ccc(F)cc1. The number of benzene rings is 2. The Balaban J connectivity index is 1.71. The molecule has 2 N–H and O–H groups in total. The summed E-state index contributed by atoms with van der Waals surface area (Å²) < 4.78 is 20.0. The van der Waals surface area contributed by atoms with Crippen molar-refractivity contribution in [1.82, 2.24) is 19.9 Å². The lowest BCUT2D eigenvalue weighted by Crippen LogP contribution is -2.27. The Morgan fingerprint density at radius 2 is 2.00 bits per heavy atom. The van der Waals surface area contributed by atoms with Gasteiger partial charge in [0.25, 0.3) is 5.91 Å². The number of hydrogen-bond acceptors (Lipinski definition) is 6. The van der Waals surface area contributed by atoms with Gasteiger partial charge in [-0.25, -0.2) is 14.4 Å². The molecule has 0 radical (unpaired) electrons. The Morgan fingerprint density at radius 3 is 2.68 bits per heavy atom. The van der Waals surface area contributed by atoms with Crippen LogP contribution < -0.4 is 10.6 Å². The number of aromatic nitrogens is 3. The van der Waals surface area contributed by atoms with Gasteiger partial charge >= 0.3 is 0 Å². The Morgan fingerprint density at radius 1 is 1.24 bits per heavy atom. The zero-order valence-corrected chi connectivity index (χ0v) is 19.8. The molecule has 0 fully saturated rings. The lowest BCUT2D eigenvalue weighted by Gasteiger charge is -2.15. The number of imidazole rings is 1. The largest absolute Gasteiger partial charge is 0.375 e. The maximum Gasteiger partial charge on any atom is 0.254 e. The first-order valence-electron chi connectivity index (χ1n) is 10.6. The quantitative estimate of drug-likeness (QED) is 0.395. The first kappa shape index (κ1) is 23.5. The van der Waals surface area contributed by atoms with E-state index in [1.165, 1.54) is 30.6 Å². The smallest absolute Gasteiger partial charge is 0.254 e. The number of ether oxygens (including phenoxy) is 1. The van der Waals surface area contributed by atoms with Crippen LogP contribution in [0.4, 0.5) is 10.1 Å². The van der Waals surface area contributed by atoms with Crippen molar-refractivity contribution in [2.45, 2.75) is 26.4 Å². The van der Waals surface area contributed by atoms with Crippen LogP contribution in [0, 0.1) is 12.7 Å². The Labute approximate surface area is 199 Å². The van der Waals surface area contributed by atoms with Gasteiger partial charge in [-0.2, -0.15) is 0 Å². The van der Waals surface area contributed by atoms with Gasteiger partial charge in [0.2, 0.25) is 5.91 Å². The third-order valence-electron chi connectivity index (χ3n) is 5.21. The minimum absolute atomic E-state index is 0.112. The molecule has 0 bridgehead atoms. The van der Waals surface area contributed by atoms with Crippen molar-refractivity contribution in [3.63, 3.8) is 0 Å². The highest BCUT2D eigenvalue weighted by Gasteiger charge is 2.20. The van der Waals surface area contributed by atoms with Crippen molar-refractivity contribution in [1.29, 1.82) is 0 Å². The van der Waals surface area contributed by atoms with Crippen LogP contribution in [0.2, 0.25) is 0 Å². The molecule has 2 heterocycles. The van der Waals surface area contributed by atoms with E-state index in [0.29, 0.717) is 28.8 Å². The minimum atomic E-state index is -0.342. The number of halogens is 1. The first-order valence-corrected chi connectivity index (χ1v) is 11.5. The summed E-state index contributed by atoms with van der Waals surface area (Å²) in [5.41, 5.74) is 3.56. The highest BCUT2D eigenvalue weighted by Crippen LogP contribution is 2.26. The summed E-state index contributed by atoms with van der Waals surface area (Å²) in [4.78, 5) is 34.4. The molecular formula is C24H24FN5O3S. The zero-order valence-electron chi connectivity index (χ0n) is 19.0. The molecule has 4 rings (SSSR count). The van der Waals surface area contributed by atoms with E-state index in [0.717, 1.165) is 16.3 Å². The lowest BCUT2D eigenvalue weighted by molar-refractivity contribution is -0.119. The molecule has 2 aromatic carbocycles. The molecule has 10 heteroatoms. The number of nitrogens with one attached hydrogen (secondary N) is 2. The fraction of sp³-hybridized carbons (Fsp3) is 0.250. The highest BCUT2D eigenvalue weighted by atomic mass is 32.1. The van der Waals surface area contributed by atoms with E-state index >= 15 is 0 Å². The maximum absolute atomic E-state index is 13.4. The second kappa shape index (κ2) is 10.1. The predicted molar refractivity (Wildman–Crippen MR) is 128 cm³/mol. The van der Waals surface area contributed by atoms with Gasteiger partial charge in [-0.05, 0) is 43.7 Å². The average Bonchev–Trinajstić information content (AvgIpc) is 3.41. The molecular weight excluding hydrogens is 457 g/mol. The van der Waals surface area contributed by atoms with Crippen LogP contribution >= 0.6 is 11.3 Å². The molecule has 1 atom stereocenters. The van der Waals surface area contributed by atoms with Gasteiger partial charge in [0.1, 0.15) is 12.4 Å². The van der Waals surface area contributed by atoms with Crippen LogP contribution in [-0.2, 0) is 16.1 Å². The van der Waals surface area contributed by atoms with Crippen molar-refractivity contribution in [3.05, 3.63) is 75.8 Å². The summed E-state index contributed by atoms with van der Waals surface area (Å²) in [7, 11) is 1.43. The van der Waals surface area contributed by atoms with Crippen molar-refractivity contribution < 1.29 is 18.7 Å². The van der Waals surface area contributed by atoms with E-state index in [-0.39, 0.29) is 30.3 Å². The lowest BCUT2D eigenvalue weighted by atomic mass is 10.1. The molecule has 0 aliphatic heterocycles. The number of aryl methyl sites for hydroxylation is 1. The number of amides is 2. The molecule has 0 spiro atoms. The Hall–Kier alpha value is -3.63. The van der Waals surface area contributed by atoms with Gasteiger partial charge in [0.05, 0.1) is 39.7 Å². The summed E-state index contributed by atoms with van der Waals surface area (Å²) in [5.74, 6) is -0.987.